The Labute approximate surface area is 118 Å². The minimum absolute atomic E-state index is 0.0282. The van der Waals surface area contributed by atoms with Crippen LogP contribution in [0.4, 0.5) is 0 Å². The molecule has 5 heteroatoms. The molecule has 0 saturated heterocycles. The van der Waals surface area contributed by atoms with E-state index in [1.54, 1.807) is 18.2 Å². The van der Waals surface area contributed by atoms with Crippen molar-refractivity contribution in [3.8, 4) is 5.75 Å². The topological polar surface area (TPSA) is 78.0 Å². The van der Waals surface area contributed by atoms with Gasteiger partial charge in [0.2, 0.25) is 5.91 Å². The number of benzene rings is 1. The van der Waals surface area contributed by atoms with Gasteiger partial charge in [0.15, 0.2) is 0 Å². The van der Waals surface area contributed by atoms with Gasteiger partial charge in [-0.3, -0.25) is 9.89 Å². The number of phenolic OH excluding ortho intramolecular Hbond substituents is 1. The van der Waals surface area contributed by atoms with Gasteiger partial charge in [-0.05, 0) is 43.0 Å². The average Bonchev–Trinajstić information content (AvgIpc) is 2.80. The number of hydrogen-bond donors (Lipinski definition) is 3. The molecule has 5 nitrogen and oxygen atoms in total. The number of nitrogens with one attached hydrogen (secondary N) is 2. The van der Waals surface area contributed by atoms with Crippen molar-refractivity contribution in [3.63, 3.8) is 0 Å². The Hall–Kier alpha value is -2.30. The summed E-state index contributed by atoms with van der Waals surface area (Å²) >= 11 is 0. The maximum absolute atomic E-state index is 11.7. The van der Waals surface area contributed by atoms with Gasteiger partial charge in [-0.15, -0.1) is 0 Å². The zero-order valence-corrected chi connectivity index (χ0v) is 11.5. The van der Waals surface area contributed by atoms with Crippen molar-refractivity contribution in [1.29, 1.82) is 0 Å². The Morgan fingerprint density at radius 1 is 1.45 bits per heavy atom. The number of aromatic amines is 1. The van der Waals surface area contributed by atoms with Crippen LogP contribution in [-0.4, -0.2) is 27.8 Å². The first-order valence-electron chi connectivity index (χ1n) is 6.68. The quantitative estimate of drug-likeness (QED) is 0.701. The molecule has 1 aromatic carbocycles. The molecule has 1 aromatic heterocycles. The highest BCUT2D eigenvalue weighted by molar-refractivity contribution is 5.78. The zero-order chi connectivity index (χ0) is 14.4. The largest absolute Gasteiger partial charge is 0.508 e. The number of carbonyl (C=O) groups is 1. The second kappa shape index (κ2) is 6.75. The van der Waals surface area contributed by atoms with Crippen LogP contribution in [0.2, 0.25) is 0 Å². The van der Waals surface area contributed by atoms with Crippen LogP contribution in [0.15, 0.2) is 30.5 Å². The van der Waals surface area contributed by atoms with Gasteiger partial charge in [0.25, 0.3) is 0 Å². The van der Waals surface area contributed by atoms with Gasteiger partial charge in [-0.1, -0.05) is 12.1 Å². The first-order chi connectivity index (χ1) is 9.65. The first kappa shape index (κ1) is 14.1. The van der Waals surface area contributed by atoms with Gasteiger partial charge in [0.05, 0.1) is 12.6 Å². The van der Waals surface area contributed by atoms with E-state index >= 15 is 0 Å². The van der Waals surface area contributed by atoms with E-state index in [-0.39, 0.29) is 11.7 Å². The molecule has 0 atom stereocenters. The summed E-state index contributed by atoms with van der Waals surface area (Å²) in [5, 5.41) is 19.1. The fourth-order valence-electron chi connectivity index (χ4n) is 2.05. The number of phenols is 1. The van der Waals surface area contributed by atoms with Gasteiger partial charge in [0.1, 0.15) is 5.75 Å². The molecule has 106 valence electrons. The normalized spacial score (nSPS) is 10.4. The Morgan fingerprint density at radius 3 is 3.00 bits per heavy atom. The maximum atomic E-state index is 11.7. The molecule has 0 fully saturated rings. The van der Waals surface area contributed by atoms with Crippen molar-refractivity contribution in [2.75, 3.05) is 6.54 Å². The standard InChI is InChI=1S/C15H19N3O2/c1-11-13(10-17-18-11)5-3-7-16-15(20)9-12-4-2-6-14(19)8-12/h2,4,6,8,10,19H,3,5,7,9H2,1H3,(H,16,20)(H,17,18). The highest BCUT2D eigenvalue weighted by atomic mass is 16.3. The Bertz CT molecular complexity index is 578. The number of aromatic nitrogens is 2. The van der Waals surface area contributed by atoms with Crippen LogP contribution in [0.5, 0.6) is 5.75 Å². The SMILES string of the molecule is Cc1[nH]ncc1CCCNC(=O)Cc1cccc(O)c1. The molecule has 0 bridgehead atoms. The molecule has 3 N–H and O–H groups in total. The lowest BCUT2D eigenvalue weighted by atomic mass is 10.1. The summed E-state index contributed by atoms with van der Waals surface area (Å²) in [5.41, 5.74) is 3.08. The lowest BCUT2D eigenvalue weighted by Gasteiger charge is -2.05. The van der Waals surface area contributed by atoms with Crippen LogP contribution < -0.4 is 5.32 Å². The third-order valence-corrected chi connectivity index (χ3v) is 3.15. The van der Waals surface area contributed by atoms with E-state index in [1.165, 1.54) is 5.56 Å². The summed E-state index contributed by atoms with van der Waals surface area (Å²) in [5.74, 6) is 0.158. The summed E-state index contributed by atoms with van der Waals surface area (Å²) < 4.78 is 0. The first-order valence-corrected chi connectivity index (χ1v) is 6.68. The monoisotopic (exact) mass is 273 g/mol. The van der Waals surface area contributed by atoms with Gasteiger partial charge in [-0.2, -0.15) is 5.10 Å². The predicted octanol–water partition coefficient (Wildman–Crippen LogP) is 1.72. The molecule has 0 unspecified atom stereocenters. The second-order valence-electron chi connectivity index (χ2n) is 4.82. The lowest BCUT2D eigenvalue weighted by Crippen LogP contribution is -2.26. The second-order valence-corrected chi connectivity index (χ2v) is 4.82. The van der Waals surface area contributed by atoms with Gasteiger partial charge in [0, 0.05) is 12.2 Å². The Morgan fingerprint density at radius 2 is 2.30 bits per heavy atom. The minimum Gasteiger partial charge on any atom is -0.508 e. The van der Waals surface area contributed by atoms with E-state index in [1.807, 2.05) is 19.2 Å². The van der Waals surface area contributed by atoms with Crippen LogP contribution in [-0.2, 0) is 17.6 Å². The fraction of sp³-hybridized carbons (Fsp3) is 0.333. The zero-order valence-electron chi connectivity index (χ0n) is 11.5. The predicted molar refractivity (Wildman–Crippen MR) is 76.5 cm³/mol. The van der Waals surface area contributed by atoms with Gasteiger partial charge < -0.3 is 10.4 Å². The molecule has 2 aromatic rings. The smallest absolute Gasteiger partial charge is 0.224 e. The fourth-order valence-corrected chi connectivity index (χ4v) is 2.05. The number of amides is 1. The van der Waals surface area contributed by atoms with E-state index in [2.05, 4.69) is 15.5 Å². The number of nitrogens with zero attached hydrogens (tertiary/aromatic N) is 1. The summed E-state index contributed by atoms with van der Waals surface area (Å²) in [6.45, 7) is 2.63. The van der Waals surface area contributed by atoms with Crippen molar-refractivity contribution in [3.05, 3.63) is 47.3 Å². The molecular formula is C15H19N3O2. The van der Waals surface area contributed by atoms with E-state index in [0.29, 0.717) is 13.0 Å². The summed E-state index contributed by atoms with van der Waals surface area (Å²) in [4.78, 5) is 11.7. The van der Waals surface area contributed by atoms with E-state index in [4.69, 9.17) is 0 Å². The molecule has 20 heavy (non-hydrogen) atoms. The molecule has 0 aliphatic carbocycles. The van der Waals surface area contributed by atoms with E-state index in [9.17, 15) is 9.90 Å². The van der Waals surface area contributed by atoms with Crippen LogP contribution in [0, 0.1) is 6.92 Å². The third-order valence-electron chi connectivity index (χ3n) is 3.15. The number of aromatic hydroxyl groups is 1. The lowest BCUT2D eigenvalue weighted by molar-refractivity contribution is -0.120. The summed E-state index contributed by atoms with van der Waals surface area (Å²) in [6.07, 6.45) is 3.89. The maximum Gasteiger partial charge on any atom is 0.224 e. The molecule has 1 heterocycles. The van der Waals surface area contributed by atoms with Crippen LogP contribution >= 0.6 is 0 Å². The molecule has 2 rings (SSSR count). The van der Waals surface area contributed by atoms with Gasteiger partial charge >= 0.3 is 0 Å². The molecule has 0 aliphatic heterocycles. The minimum atomic E-state index is -0.0282. The number of carbonyl (C=O) groups excluding carboxylic acids is 1. The molecule has 0 saturated carbocycles. The molecule has 0 radical (unpaired) electrons. The highest BCUT2D eigenvalue weighted by Crippen LogP contribution is 2.11. The van der Waals surface area contributed by atoms with Gasteiger partial charge in [-0.25, -0.2) is 0 Å². The Kier molecular flexibility index (Phi) is 4.76. The highest BCUT2D eigenvalue weighted by Gasteiger charge is 2.04. The molecule has 0 spiro atoms. The van der Waals surface area contributed by atoms with Crippen molar-refractivity contribution in [2.45, 2.75) is 26.2 Å². The van der Waals surface area contributed by atoms with E-state index in [0.717, 1.165) is 24.1 Å². The molecule has 1 amide bonds. The summed E-state index contributed by atoms with van der Waals surface area (Å²) in [7, 11) is 0. The van der Waals surface area contributed by atoms with E-state index < -0.39 is 0 Å². The molecular weight excluding hydrogens is 254 g/mol. The molecule has 0 aliphatic rings. The average molecular weight is 273 g/mol. The number of hydrogen-bond acceptors (Lipinski definition) is 3. The van der Waals surface area contributed by atoms with Crippen molar-refractivity contribution >= 4 is 5.91 Å². The number of H-pyrrole nitrogens is 1. The summed E-state index contributed by atoms with van der Waals surface area (Å²) in [6, 6.07) is 6.76. The number of aryl methyl sites for hydroxylation is 2. The third kappa shape index (κ3) is 4.12. The van der Waals surface area contributed by atoms with Crippen LogP contribution in [0.25, 0.3) is 0 Å². The Balaban J connectivity index is 1.69. The number of rotatable bonds is 6. The van der Waals surface area contributed by atoms with Crippen LogP contribution in [0.3, 0.4) is 0 Å². The van der Waals surface area contributed by atoms with Crippen LogP contribution in [0.1, 0.15) is 23.2 Å². The van der Waals surface area contributed by atoms with Crippen molar-refractivity contribution in [2.24, 2.45) is 0 Å². The van der Waals surface area contributed by atoms with Crippen molar-refractivity contribution < 1.29 is 9.90 Å². The van der Waals surface area contributed by atoms with Crippen molar-refractivity contribution in [1.82, 2.24) is 15.5 Å².